The molecule has 0 spiro atoms. The lowest BCUT2D eigenvalue weighted by Crippen LogP contribution is -2.60. The fourth-order valence-corrected chi connectivity index (χ4v) is 6.69. The van der Waals surface area contributed by atoms with E-state index in [1.165, 1.54) is 50.3 Å². The quantitative estimate of drug-likeness (QED) is 0.746. The molecule has 1 aromatic heterocycles. The van der Waals surface area contributed by atoms with Gasteiger partial charge in [0.25, 0.3) is 5.22 Å². The van der Waals surface area contributed by atoms with Crippen LogP contribution in [0.2, 0.25) is 0 Å². The first-order chi connectivity index (χ1) is 13.5. The molecule has 1 atom stereocenters. The predicted molar refractivity (Wildman–Crippen MR) is 109 cm³/mol. The van der Waals surface area contributed by atoms with E-state index in [1.54, 1.807) is 0 Å². The lowest BCUT2D eigenvalue weighted by molar-refractivity contribution is -0.126. The van der Waals surface area contributed by atoms with Gasteiger partial charge in [0.1, 0.15) is 0 Å². The molecule has 1 N–H and O–H groups in total. The van der Waals surface area contributed by atoms with Gasteiger partial charge in [0.2, 0.25) is 11.8 Å². The molecule has 4 saturated carbocycles. The Bertz CT molecular complexity index is 858. The van der Waals surface area contributed by atoms with Crippen LogP contribution in [0.15, 0.2) is 33.9 Å². The Morgan fingerprint density at radius 3 is 2.43 bits per heavy atom. The van der Waals surface area contributed by atoms with Crippen LogP contribution >= 0.6 is 11.8 Å². The van der Waals surface area contributed by atoms with E-state index in [1.807, 2.05) is 38.1 Å². The number of aryl methyl sites for hydroxylation is 1. The Labute approximate surface area is 170 Å². The highest BCUT2D eigenvalue weighted by molar-refractivity contribution is 8.00. The Balaban J connectivity index is 1.24. The van der Waals surface area contributed by atoms with Crippen LogP contribution in [-0.4, -0.2) is 26.9 Å². The molecule has 1 amide bonds. The van der Waals surface area contributed by atoms with Crippen molar-refractivity contribution in [3.63, 3.8) is 0 Å². The number of hydrogen-bond acceptors (Lipinski definition) is 5. The van der Waals surface area contributed by atoms with E-state index in [0.29, 0.717) is 11.1 Å². The first kappa shape index (κ1) is 18.2. The summed E-state index contributed by atoms with van der Waals surface area (Å²) in [5.41, 5.74) is 2.07. The summed E-state index contributed by atoms with van der Waals surface area (Å²) < 4.78 is 5.83. The Hall–Kier alpha value is -1.82. The third-order valence-corrected chi connectivity index (χ3v) is 7.79. The van der Waals surface area contributed by atoms with E-state index >= 15 is 0 Å². The van der Waals surface area contributed by atoms with Crippen molar-refractivity contribution in [1.29, 1.82) is 0 Å². The maximum absolute atomic E-state index is 12.9. The van der Waals surface area contributed by atoms with Crippen LogP contribution in [0, 0.1) is 24.7 Å². The van der Waals surface area contributed by atoms with Gasteiger partial charge in [0.05, 0.1) is 5.25 Å². The van der Waals surface area contributed by atoms with Crippen LogP contribution in [0.4, 0.5) is 0 Å². The first-order valence-electron chi connectivity index (χ1n) is 10.4. The SMILES string of the molecule is Cc1ccccc1-c1nnc(SC(C)C(=O)NC23CC4CC(CC(C4)C2)C3)o1. The highest BCUT2D eigenvalue weighted by atomic mass is 32.2. The molecule has 2 aromatic rings. The Morgan fingerprint density at radius 2 is 1.79 bits per heavy atom. The zero-order valence-corrected chi connectivity index (χ0v) is 17.3. The van der Waals surface area contributed by atoms with E-state index in [4.69, 9.17) is 4.42 Å². The molecule has 4 fully saturated rings. The largest absolute Gasteiger partial charge is 0.411 e. The molecule has 0 saturated heterocycles. The molecule has 1 heterocycles. The van der Waals surface area contributed by atoms with Crippen LogP contribution in [-0.2, 0) is 4.79 Å². The van der Waals surface area contributed by atoms with Crippen molar-refractivity contribution < 1.29 is 9.21 Å². The maximum atomic E-state index is 12.9. The van der Waals surface area contributed by atoms with E-state index in [-0.39, 0.29) is 16.7 Å². The minimum absolute atomic E-state index is 0.0435. The van der Waals surface area contributed by atoms with Gasteiger partial charge in [-0.25, -0.2) is 0 Å². The van der Waals surface area contributed by atoms with E-state index in [2.05, 4.69) is 15.5 Å². The molecule has 4 aliphatic rings. The molecule has 5 nitrogen and oxygen atoms in total. The van der Waals surface area contributed by atoms with Crippen LogP contribution in [0.5, 0.6) is 0 Å². The van der Waals surface area contributed by atoms with Gasteiger partial charge in [0.15, 0.2) is 0 Å². The van der Waals surface area contributed by atoms with E-state index < -0.39 is 0 Å². The lowest BCUT2D eigenvalue weighted by atomic mass is 9.53. The first-order valence-corrected chi connectivity index (χ1v) is 11.3. The fraction of sp³-hybridized carbons (Fsp3) is 0.591. The summed E-state index contributed by atoms with van der Waals surface area (Å²) in [7, 11) is 0. The second-order valence-electron chi connectivity index (χ2n) is 9.14. The molecule has 6 heteroatoms. The number of benzene rings is 1. The van der Waals surface area contributed by atoms with Crippen molar-refractivity contribution in [3.05, 3.63) is 29.8 Å². The van der Waals surface area contributed by atoms with Gasteiger partial charge < -0.3 is 9.73 Å². The summed E-state index contributed by atoms with van der Waals surface area (Å²) >= 11 is 1.35. The average Bonchev–Trinajstić information content (AvgIpc) is 3.08. The summed E-state index contributed by atoms with van der Waals surface area (Å²) in [5.74, 6) is 3.07. The van der Waals surface area contributed by atoms with Crippen molar-refractivity contribution in [2.75, 3.05) is 0 Å². The van der Waals surface area contributed by atoms with Gasteiger partial charge in [-0.1, -0.05) is 30.0 Å². The second-order valence-corrected chi connectivity index (χ2v) is 10.4. The number of carbonyl (C=O) groups excluding carboxylic acids is 1. The van der Waals surface area contributed by atoms with Crippen molar-refractivity contribution in [3.8, 4) is 11.5 Å². The van der Waals surface area contributed by atoms with Gasteiger partial charge in [-0.05, 0) is 81.8 Å². The monoisotopic (exact) mass is 397 g/mol. The highest BCUT2D eigenvalue weighted by Gasteiger charge is 2.51. The summed E-state index contributed by atoms with van der Waals surface area (Å²) in [4.78, 5) is 12.9. The van der Waals surface area contributed by atoms with Crippen LogP contribution < -0.4 is 5.32 Å². The molecule has 4 aliphatic carbocycles. The van der Waals surface area contributed by atoms with Crippen LogP contribution in [0.1, 0.15) is 51.0 Å². The number of carbonyl (C=O) groups is 1. The number of rotatable bonds is 5. The van der Waals surface area contributed by atoms with Gasteiger partial charge in [0, 0.05) is 11.1 Å². The number of aromatic nitrogens is 2. The minimum atomic E-state index is -0.252. The highest BCUT2D eigenvalue weighted by Crippen LogP contribution is 2.55. The third kappa shape index (κ3) is 3.36. The van der Waals surface area contributed by atoms with Gasteiger partial charge in [-0.3, -0.25) is 4.79 Å². The lowest BCUT2D eigenvalue weighted by Gasteiger charge is -2.57. The summed E-state index contributed by atoms with van der Waals surface area (Å²) in [6, 6.07) is 7.94. The molecule has 1 unspecified atom stereocenters. The molecule has 148 valence electrons. The number of nitrogens with zero attached hydrogens (tertiary/aromatic N) is 2. The van der Waals surface area contributed by atoms with Crippen LogP contribution in [0.3, 0.4) is 0 Å². The number of hydrogen-bond donors (Lipinski definition) is 1. The number of nitrogens with one attached hydrogen (secondary N) is 1. The fourth-order valence-electron chi connectivity index (χ4n) is 6.01. The Morgan fingerprint density at radius 1 is 1.14 bits per heavy atom. The molecular formula is C22H27N3O2S. The van der Waals surface area contributed by atoms with Crippen molar-refractivity contribution >= 4 is 17.7 Å². The summed E-state index contributed by atoms with van der Waals surface area (Å²) in [6.07, 6.45) is 7.63. The second kappa shape index (κ2) is 6.90. The number of amides is 1. The molecule has 28 heavy (non-hydrogen) atoms. The molecule has 1 aromatic carbocycles. The summed E-state index contributed by atoms with van der Waals surface area (Å²) in [5, 5.41) is 12.0. The standard InChI is InChI=1S/C22H27N3O2S/c1-13-5-3-4-6-18(13)20-24-25-21(27-20)28-14(2)19(26)23-22-10-15-7-16(11-22)9-17(8-15)12-22/h3-6,14-17H,7-12H2,1-2H3,(H,23,26). The molecule has 0 aliphatic heterocycles. The predicted octanol–water partition coefficient (Wildman–Crippen LogP) is 4.61. The van der Waals surface area contributed by atoms with Crippen molar-refractivity contribution in [2.24, 2.45) is 17.8 Å². The normalized spacial score (nSPS) is 31.7. The van der Waals surface area contributed by atoms with E-state index in [9.17, 15) is 4.79 Å². The van der Waals surface area contributed by atoms with Gasteiger partial charge >= 0.3 is 0 Å². The van der Waals surface area contributed by atoms with Crippen molar-refractivity contribution in [2.45, 2.75) is 68.4 Å². The minimum Gasteiger partial charge on any atom is -0.411 e. The summed E-state index contributed by atoms with van der Waals surface area (Å²) in [6.45, 7) is 3.95. The van der Waals surface area contributed by atoms with E-state index in [0.717, 1.165) is 28.9 Å². The third-order valence-electron chi connectivity index (χ3n) is 6.86. The smallest absolute Gasteiger partial charge is 0.277 e. The Kier molecular flexibility index (Phi) is 4.49. The molecular weight excluding hydrogens is 370 g/mol. The molecule has 0 radical (unpaired) electrons. The van der Waals surface area contributed by atoms with Crippen LogP contribution in [0.25, 0.3) is 11.5 Å². The number of thioether (sulfide) groups is 1. The zero-order chi connectivity index (χ0) is 19.3. The van der Waals surface area contributed by atoms with Gasteiger partial charge in [-0.15, -0.1) is 10.2 Å². The zero-order valence-electron chi connectivity index (χ0n) is 16.5. The molecule has 4 bridgehead atoms. The van der Waals surface area contributed by atoms with Crippen molar-refractivity contribution in [1.82, 2.24) is 15.5 Å². The molecule has 6 rings (SSSR count). The maximum Gasteiger partial charge on any atom is 0.277 e. The topological polar surface area (TPSA) is 68.0 Å². The van der Waals surface area contributed by atoms with Gasteiger partial charge in [-0.2, -0.15) is 0 Å². The average molecular weight is 398 g/mol.